The lowest BCUT2D eigenvalue weighted by molar-refractivity contribution is 0.160. The fourth-order valence-corrected chi connectivity index (χ4v) is 3.50. The van der Waals surface area contributed by atoms with Gasteiger partial charge in [-0.15, -0.1) is 0 Å². The number of methoxy groups -OCH3 is 1. The number of phenolic OH excluding ortho intramolecular Hbond substituents is 1. The topological polar surface area (TPSA) is 69.1 Å². The van der Waals surface area contributed by atoms with E-state index in [1.165, 1.54) is 25.8 Å². The molecule has 0 aromatic heterocycles. The Labute approximate surface area is 164 Å². The SMILES string of the molecule is CCNC(=NCCCN1CCCCC1C)NCCc1ccc(O)c(OC)c1. The summed E-state index contributed by atoms with van der Waals surface area (Å²) in [6.45, 7) is 9.26. The summed E-state index contributed by atoms with van der Waals surface area (Å²) in [4.78, 5) is 7.30. The number of ether oxygens (including phenoxy) is 1. The standard InChI is InChI=1S/C21H36N4O2/c1-4-22-21(23-12-7-15-25-14-6-5-8-17(25)2)24-13-11-18-9-10-19(26)20(16-18)27-3/h9-10,16-17,26H,4-8,11-15H2,1-3H3,(H2,22,23,24). The number of nitrogens with one attached hydrogen (secondary N) is 2. The Bertz CT molecular complexity index is 592. The maximum absolute atomic E-state index is 9.68. The van der Waals surface area contributed by atoms with E-state index in [-0.39, 0.29) is 5.75 Å². The number of hydrogen-bond donors (Lipinski definition) is 3. The number of piperidine rings is 1. The first kappa shape index (κ1) is 21.4. The van der Waals surface area contributed by atoms with Crippen molar-refractivity contribution in [3.05, 3.63) is 23.8 Å². The van der Waals surface area contributed by atoms with E-state index < -0.39 is 0 Å². The van der Waals surface area contributed by atoms with Crippen LogP contribution in [0.5, 0.6) is 11.5 Å². The molecule has 1 unspecified atom stereocenters. The lowest BCUT2D eigenvalue weighted by atomic mass is 10.0. The van der Waals surface area contributed by atoms with E-state index in [0.717, 1.165) is 56.6 Å². The molecule has 27 heavy (non-hydrogen) atoms. The summed E-state index contributed by atoms with van der Waals surface area (Å²) in [5.74, 6) is 1.56. The van der Waals surface area contributed by atoms with Crippen LogP contribution in [0.2, 0.25) is 0 Å². The van der Waals surface area contributed by atoms with Crippen LogP contribution in [0.15, 0.2) is 23.2 Å². The zero-order valence-electron chi connectivity index (χ0n) is 17.1. The second-order valence-electron chi connectivity index (χ2n) is 7.18. The third-order valence-electron chi connectivity index (χ3n) is 5.11. The number of likely N-dealkylation sites (tertiary alicyclic amines) is 1. The summed E-state index contributed by atoms with van der Waals surface area (Å²) in [7, 11) is 1.57. The predicted molar refractivity (Wildman–Crippen MR) is 112 cm³/mol. The number of rotatable bonds is 9. The lowest BCUT2D eigenvalue weighted by Gasteiger charge is -2.33. The second kappa shape index (κ2) is 11.7. The van der Waals surface area contributed by atoms with Crippen molar-refractivity contribution in [3.63, 3.8) is 0 Å². The van der Waals surface area contributed by atoms with E-state index in [2.05, 4.69) is 29.4 Å². The lowest BCUT2D eigenvalue weighted by Crippen LogP contribution is -2.39. The summed E-state index contributed by atoms with van der Waals surface area (Å²) < 4.78 is 5.16. The fraction of sp³-hybridized carbons (Fsp3) is 0.667. The van der Waals surface area contributed by atoms with Gasteiger partial charge in [0.2, 0.25) is 0 Å². The molecule has 0 saturated carbocycles. The summed E-state index contributed by atoms with van der Waals surface area (Å²) in [5, 5.41) is 16.4. The van der Waals surface area contributed by atoms with Gasteiger partial charge in [0.25, 0.3) is 0 Å². The number of phenols is 1. The molecule has 0 amide bonds. The molecule has 1 heterocycles. The minimum Gasteiger partial charge on any atom is -0.504 e. The van der Waals surface area contributed by atoms with Crippen LogP contribution < -0.4 is 15.4 Å². The molecule has 3 N–H and O–H groups in total. The average Bonchev–Trinajstić information content (AvgIpc) is 2.67. The van der Waals surface area contributed by atoms with Gasteiger partial charge in [0, 0.05) is 32.2 Å². The van der Waals surface area contributed by atoms with E-state index in [1.54, 1.807) is 13.2 Å². The molecule has 6 nitrogen and oxygen atoms in total. The quantitative estimate of drug-likeness (QED) is 0.351. The van der Waals surface area contributed by atoms with Crippen molar-refractivity contribution in [2.24, 2.45) is 4.99 Å². The number of guanidine groups is 1. The number of aliphatic imine (C=N–C) groups is 1. The molecule has 0 spiro atoms. The number of hydrogen-bond acceptors (Lipinski definition) is 4. The minimum absolute atomic E-state index is 0.173. The monoisotopic (exact) mass is 376 g/mol. The highest BCUT2D eigenvalue weighted by molar-refractivity contribution is 5.79. The van der Waals surface area contributed by atoms with Gasteiger partial charge in [0.05, 0.1) is 7.11 Å². The van der Waals surface area contributed by atoms with Gasteiger partial charge >= 0.3 is 0 Å². The van der Waals surface area contributed by atoms with E-state index in [4.69, 9.17) is 9.73 Å². The highest BCUT2D eigenvalue weighted by Crippen LogP contribution is 2.26. The van der Waals surface area contributed by atoms with Gasteiger partial charge in [0.1, 0.15) is 0 Å². The molecule has 1 atom stereocenters. The molecule has 0 aliphatic carbocycles. The predicted octanol–water partition coefficient (Wildman–Crippen LogP) is 2.76. The highest BCUT2D eigenvalue weighted by Gasteiger charge is 2.16. The molecule has 1 aromatic carbocycles. The molecule has 2 rings (SSSR count). The summed E-state index contributed by atoms with van der Waals surface area (Å²) in [5.41, 5.74) is 1.12. The van der Waals surface area contributed by atoms with Crippen molar-refractivity contribution < 1.29 is 9.84 Å². The van der Waals surface area contributed by atoms with Crippen LogP contribution in [-0.4, -0.2) is 61.8 Å². The molecule has 1 aromatic rings. The van der Waals surface area contributed by atoms with Gasteiger partial charge in [-0.3, -0.25) is 4.99 Å². The van der Waals surface area contributed by atoms with Gasteiger partial charge < -0.3 is 25.4 Å². The average molecular weight is 377 g/mol. The molecule has 1 aliphatic heterocycles. The van der Waals surface area contributed by atoms with Crippen LogP contribution in [0.1, 0.15) is 45.1 Å². The molecule has 152 valence electrons. The second-order valence-corrected chi connectivity index (χ2v) is 7.18. The van der Waals surface area contributed by atoms with Crippen molar-refractivity contribution in [1.29, 1.82) is 0 Å². The number of nitrogens with zero attached hydrogens (tertiary/aromatic N) is 2. The Balaban J connectivity index is 1.74. The molecule has 1 fully saturated rings. The first-order valence-corrected chi connectivity index (χ1v) is 10.3. The largest absolute Gasteiger partial charge is 0.504 e. The van der Waals surface area contributed by atoms with Crippen LogP contribution in [0.4, 0.5) is 0 Å². The Kier molecular flexibility index (Phi) is 9.25. The normalized spacial score (nSPS) is 18.3. The van der Waals surface area contributed by atoms with Crippen LogP contribution in [-0.2, 0) is 6.42 Å². The third kappa shape index (κ3) is 7.29. The Morgan fingerprint density at radius 1 is 1.33 bits per heavy atom. The Hall–Kier alpha value is -1.95. The summed E-state index contributed by atoms with van der Waals surface area (Å²) >= 11 is 0. The van der Waals surface area contributed by atoms with E-state index in [0.29, 0.717) is 5.75 Å². The summed E-state index contributed by atoms with van der Waals surface area (Å²) in [6, 6.07) is 6.19. The highest BCUT2D eigenvalue weighted by atomic mass is 16.5. The zero-order chi connectivity index (χ0) is 19.5. The molecule has 0 bridgehead atoms. The number of aromatic hydroxyl groups is 1. The first-order valence-electron chi connectivity index (χ1n) is 10.3. The van der Waals surface area contributed by atoms with Crippen LogP contribution in [0.25, 0.3) is 0 Å². The van der Waals surface area contributed by atoms with E-state index in [1.807, 2.05) is 12.1 Å². The van der Waals surface area contributed by atoms with Crippen molar-refractivity contribution in [2.75, 3.05) is 39.8 Å². The smallest absolute Gasteiger partial charge is 0.191 e. The van der Waals surface area contributed by atoms with Crippen LogP contribution in [0.3, 0.4) is 0 Å². The van der Waals surface area contributed by atoms with Gasteiger partial charge in [0.15, 0.2) is 17.5 Å². The van der Waals surface area contributed by atoms with Gasteiger partial charge in [-0.25, -0.2) is 0 Å². The van der Waals surface area contributed by atoms with Crippen LogP contribution in [0, 0.1) is 0 Å². The molecule has 1 saturated heterocycles. The Morgan fingerprint density at radius 2 is 2.19 bits per heavy atom. The molecular weight excluding hydrogens is 340 g/mol. The Morgan fingerprint density at radius 3 is 2.93 bits per heavy atom. The van der Waals surface area contributed by atoms with E-state index in [9.17, 15) is 5.11 Å². The molecular formula is C21H36N4O2. The third-order valence-corrected chi connectivity index (χ3v) is 5.11. The van der Waals surface area contributed by atoms with Gasteiger partial charge in [-0.2, -0.15) is 0 Å². The van der Waals surface area contributed by atoms with Crippen LogP contribution >= 0.6 is 0 Å². The first-order chi connectivity index (χ1) is 13.1. The molecule has 0 radical (unpaired) electrons. The maximum Gasteiger partial charge on any atom is 0.191 e. The zero-order valence-corrected chi connectivity index (χ0v) is 17.1. The summed E-state index contributed by atoms with van der Waals surface area (Å²) in [6.07, 6.45) is 5.97. The maximum atomic E-state index is 9.68. The van der Waals surface area contributed by atoms with Crippen molar-refractivity contribution in [3.8, 4) is 11.5 Å². The van der Waals surface area contributed by atoms with Crippen molar-refractivity contribution in [2.45, 2.75) is 52.0 Å². The van der Waals surface area contributed by atoms with Gasteiger partial charge in [-0.1, -0.05) is 12.5 Å². The van der Waals surface area contributed by atoms with E-state index >= 15 is 0 Å². The van der Waals surface area contributed by atoms with Gasteiger partial charge in [-0.05, 0) is 63.8 Å². The molecule has 6 heteroatoms. The van der Waals surface area contributed by atoms with Crippen molar-refractivity contribution >= 4 is 5.96 Å². The fourth-order valence-electron chi connectivity index (χ4n) is 3.50. The molecule has 1 aliphatic rings. The minimum atomic E-state index is 0.173. The van der Waals surface area contributed by atoms with Crippen molar-refractivity contribution in [1.82, 2.24) is 15.5 Å². The number of benzene rings is 1.